The molecular weight excluding hydrogens is 454 g/mol. The largest absolute Gasteiger partial charge is 0.469 e. The number of aromatic nitrogens is 2. The molecule has 176 valence electrons. The Hall–Kier alpha value is -3.46. The van der Waals surface area contributed by atoms with Crippen molar-refractivity contribution in [3.05, 3.63) is 63.9 Å². The molecule has 0 saturated heterocycles. The summed E-state index contributed by atoms with van der Waals surface area (Å²) in [4.78, 5) is 56.2. The first-order valence-corrected chi connectivity index (χ1v) is 11.9. The molecule has 1 unspecified atom stereocenters. The molecule has 34 heavy (non-hydrogen) atoms. The van der Waals surface area contributed by atoms with Gasteiger partial charge < -0.3 is 9.64 Å². The number of ketones is 1. The number of ether oxygens (including phenoxy) is 1. The summed E-state index contributed by atoms with van der Waals surface area (Å²) >= 11 is 1.19. The lowest BCUT2D eigenvalue weighted by Gasteiger charge is -2.17. The Labute approximate surface area is 200 Å². The maximum atomic E-state index is 13.2. The van der Waals surface area contributed by atoms with E-state index in [0.717, 1.165) is 11.3 Å². The summed E-state index contributed by atoms with van der Waals surface area (Å²) in [6.07, 6.45) is 0.723. The number of thioether (sulfide) groups is 1. The van der Waals surface area contributed by atoms with Gasteiger partial charge in [0.05, 0.1) is 29.7 Å². The highest BCUT2D eigenvalue weighted by atomic mass is 32.2. The second-order valence-electron chi connectivity index (χ2n) is 8.08. The normalized spacial score (nSPS) is 13.6. The fourth-order valence-corrected chi connectivity index (χ4v) is 5.08. The third kappa shape index (κ3) is 4.61. The Morgan fingerprint density at radius 1 is 1.18 bits per heavy atom. The minimum atomic E-state index is -0.527. The molecule has 1 aromatic heterocycles. The second kappa shape index (κ2) is 9.80. The predicted molar refractivity (Wildman–Crippen MR) is 130 cm³/mol. The number of hydrogen-bond acceptors (Lipinski definition) is 7. The molecule has 1 atom stereocenters. The molecule has 4 rings (SSSR count). The van der Waals surface area contributed by atoms with Gasteiger partial charge in [0.2, 0.25) is 5.91 Å². The summed E-state index contributed by atoms with van der Waals surface area (Å²) < 4.78 is 6.15. The zero-order valence-corrected chi connectivity index (χ0v) is 20.1. The standard InChI is InChI=1S/C25H25N3O5S/c1-15(23(31)18-8-9-21-17(14-18)10-12-27(21)16(2)29)34-25-26-20-7-5-4-6-19(20)24(32)28(25)13-11-22(30)33-3/h4-9,14-15H,10-13H2,1-3H3. The molecule has 0 N–H and O–H groups in total. The van der Waals surface area contributed by atoms with Crippen molar-refractivity contribution in [3.8, 4) is 0 Å². The molecule has 0 radical (unpaired) electrons. The molecule has 1 aliphatic heterocycles. The minimum absolute atomic E-state index is 0.0176. The van der Waals surface area contributed by atoms with Gasteiger partial charge in [-0.3, -0.25) is 23.7 Å². The van der Waals surface area contributed by atoms with Gasteiger partial charge in [0.25, 0.3) is 5.56 Å². The third-order valence-electron chi connectivity index (χ3n) is 5.88. The van der Waals surface area contributed by atoms with E-state index in [4.69, 9.17) is 4.74 Å². The number of fused-ring (bicyclic) bond motifs is 2. The Kier molecular flexibility index (Phi) is 6.83. The maximum absolute atomic E-state index is 13.2. The van der Waals surface area contributed by atoms with Crippen LogP contribution in [0.1, 0.15) is 36.2 Å². The third-order valence-corrected chi connectivity index (χ3v) is 6.98. The van der Waals surface area contributed by atoms with Crippen LogP contribution in [0.25, 0.3) is 10.9 Å². The van der Waals surface area contributed by atoms with Crippen LogP contribution < -0.4 is 10.5 Å². The van der Waals surface area contributed by atoms with Crippen LogP contribution in [0, 0.1) is 0 Å². The first-order chi connectivity index (χ1) is 16.3. The topological polar surface area (TPSA) is 98.6 Å². The van der Waals surface area contributed by atoms with E-state index < -0.39 is 11.2 Å². The zero-order chi connectivity index (χ0) is 24.4. The summed E-state index contributed by atoms with van der Waals surface area (Å²) in [6.45, 7) is 4.02. The summed E-state index contributed by atoms with van der Waals surface area (Å²) in [5.41, 5.74) is 2.63. The summed E-state index contributed by atoms with van der Waals surface area (Å²) in [6, 6.07) is 12.4. The molecule has 1 aliphatic rings. The van der Waals surface area contributed by atoms with Gasteiger partial charge in [0, 0.05) is 31.3 Å². The average Bonchev–Trinajstić information content (AvgIpc) is 3.26. The highest BCUT2D eigenvalue weighted by Gasteiger charge is 2.25. The molecular formula is C25H25N3O5S. The van der Waals surface area contributed by atoms with E-state index in [1.54, 1.807) is 42.2 Å². The SMILES string of the molecule is COC(=O)CCn1c(SC(C)C(=O)c2ccc3c(c2)CCN3C(C)=O)nc2ccccc2c1=O. The van der Waals surface area contributed by atoms with Gasteiger partial charge in [-0.1, -0.05) is 23.9 Å². The summed E-state index contributed by atoms with van der Waals surface area (Å²) in [5.74, 6) is -0.553. The van der Waals surface area contributed by atoms with Crippen molar-refractivity contribution in [1.82, 2.24) is 9.55 Å². The van der Waals surface area contributed by atoms with E-state index in [9.17, 15) is 19.2 Å². The van der Waals surface area contributed by atoms with Gasteiger partial charge in [-0.15, -0.1) is 0 Å². The van der Waals surface area contributed by atoms with Crippen molar-refractivity contribution in [2.75, 3.05) is 18.6 Å². The number of amides is 1. The highest BCUT2D eigenvalue weighted by molar-refractivity contribution is 8.00. The van der Waals surface area contributed by atoms with Crippen molar-refractivity contribution in [1.29, 1.82) is 0 Å². The number of benzene rings is 2. The monoisotopic (exact) mass is 479 g/mol. The van der Waals surface area contributed by atoms with Gasteiger partial charge in [-0.25, -0.2) is 4.98 Å². The van der Waals surface area contributed by atoms with E-state index in [1.807, 2.05) is 12.1 Å². The van der Waals surface area contributed by atoms with Crippen LogP contribution >= 0.6 is 11.8 Å². The van der Waals surface area contributed by atoms with Crippen LogP contribution in [-0.4, -0.2) is 46.1 Å². The van der Waals surface area contributed by atoms with Gasteiger partial charge in [0.1, 0.15) is 0 Å². The lowest BCUT2D eigenvalue weighted by molar-refractivity contribution is -0.140. The summed E-state index contributed by atoms with van der Waals surface area (Å²) in [5, 5.41) is 0.294. The quantitative estimate of drug-likeness (QED) is 0.222. The van der Waals surface area contributed by atoms with Crippen LogP contribution in [0.3, 0.4) is 0 Å². The van der Waals surface area contributed by atoms with Gasteiger partial charge in [-0.05, 0) is 49.2 Å². The molecule has 0 bridgehead atoms. The van der Waals surface area contributed by atoms with Gasteiger partial charge >= 0.3 is 5.97 Å². The van der Waals surface area contributed by atoms with Crippen molar-refractivity contribution in [2.45, 2.75) is 43.6 Å². The van der Waals surface area contributed by atoms with Crippen molar-refractivity contribution < 1.29 is 19.1 Å². The molecule has 3 aromatic rings. The Balaban J connectivity index is 1.62. The van der Waals surface area contributed by atoms with E-state index in [0.29, 0.717) is 34.6 Å². The zero-order valence-electron chi connectivity index (χ0n) is 19.2. The molecule has 1 amide bonds. The summed E-state index contributed by atoms with van der Waals surface area (Å²) in [7, 11) is 1.30. The fourth-order valence-electron chi connectivity index (χ4n) is 4.07. The lowest BCUT2D eigenvalue weighted by Crippen LogP contribution is -2.26. The molecule has 2 aromatic carbocycles. The Morgan fingerprint density at radius 3 is 2.68 bits per heavy atom. The molecule has 8 nitrogen and oxygen atoms in total. The maximum Gasteiger partial charge on any atom is 0.307 e. The number of Topliss-reactive ketones (excluding diaryl/α,β-unsaturated/α-hetero) is 1. The fraction of sp³-hybridized carbons (Fsp3) is 0.320. The van der Waals surface area contributed by atoms with E-state index in [2.05, 4.69) is 4.98 Å². The van der Waals surface area contributed by atoms with Crippen LogP contribution in [0.4, 0.5) is 5.69 Å². The predicted octanol–water partition coefficient (Wildman–Crippen LogP) is 3.23. The molecule has 0 aliphatic carbocycles. The highest BCUT2D eigenvalue weighted by Crippen LogP contribution is 2.31. The van der Waals surface area contributed by atoms with Crippen molar-refractivity contribution in [3.63, 3.8) is 0 Å². The first-order valence-electron chi connectivity index (χ1n) is 11.0. The number of methoxy groups -OCH3 is 1. The lowest BCUT2D eigenvalue weighted by atomic mass is 10.0. The molecule has 2 heterocycles. The Morgan fingerprint density at radius 2 is 1.94 bits per heavy atom. The number of nitrogens with zero attached hydrogens (tertiary/aromatic N) is 3. The van der Waals surface area contributed by atoms with Crippen LogP contribution in [0.5, 0.6) is 0 Å². The molecule has 0 spiro atoms. The number of carbonyl (C=O) groups is 3. The van der Waals surface area contributed by atoms with Gasteiger partial charge in [0.15, 0.2) is 10.9 Å². The minimum Gasteiger partial charge on any atom is -0.469 e. The van der Waals surface area contributed by atoms with Crippen molar-refractivity contribution >= 4 is 46.0 Å². The first kappa shape index (κ1) is 23.7. The number of esters is 1. The average molecular weight is 480 g/mol. The number of rotatable bonds is 7. The van der Waals surface area contributed by atoms with Crippen LogP contribution in [0.15, 0.2) is 52.4 Å². The second-order valence-corrected chi connectivity index (χ2v) is 9.39. The van der Waals surface area contributed by atoms with Gasteiger partial charge in [-0.2, -0.15) is 0 Å². The number of carbonyl (C=O) groups excluding carboxylic acids is 3. The van der Waals surface area contributed by atoms with E-state index >= 15 is 0 Å². The number of para-hydroxylation sites is 1. The number of hydrogen-bond donors (Lipinski definition) is 0. The van der Waals surface area contributed by atoms with E-state index in [1.165, 1.54) is 30.4 Å². The van der Waals surface area contributed by atoms with Crippen LogP contribution in [-0.2, 0) is 27.3 Å². The molecule has 9 heteroatoms. The van der Waals surface area contributed by atoms with E-state index in [-0.39, 0.29) is 30.2 Å². The smallest absolute Gasteiger partial charge is 0.307 e. The molecule has 0 fully saturated rings. The van der Waals surface area contributed by atoms with Crippen molar-refractivity contribution in [2.24, 2.45) is 0 Å². The molecule has 0 saturated carbocycles. The Bertz CT molecular complexity index is 1350. The van der Waals surface area contributed by atoms with Crippen LogP contribution in [0.2, 0.25) is 0 Å². The number of anilines is 1.